The lowest BCUT2D eigenvalue weighted by Gasteiger charge is -2.22. The van der Waals surface area contributed by atoms with Crippen molar-refractivity contribution < 1.29 is 14.7 Å². The molecule has 1 aliphatic heterocycles. The first-order valence-corrected chi connectivity index (χ1v) is 6.59. The lowest BCUT2D eigenvalue weighted by atomic mass is 10.1. The number of carbonyl (C=O) groups excluding carboxylic acids is 1. The molecular weight excluding hydrogens is 272 g/mol. The van der Waals surface area contributed by atoms with Crippen molar-refractivity contribution in [1.29, 1.82) is 0 Å². The highest BCUT2D eigenvalue weighted by Gasteiger charge is 2.30. The molecule has 1 aliphatic rings. The van der Waals surface area contributed by atoms with Gasteiger partial charge in [-0.1, -0.05) is 23.4 Å². The molecule has 0 fully saturated rings. The van der Waals surface area contributed by atoms with Crippen molar-refractivity contribution in [3.63, 3.8) is 0 Å². The van der Waals surface area contributed by atoms with E-state index in [1.54, 1.807) is 4.90 Å². The van der Waals surface area contributed by atoms with Crippen molar-refractivity contribution in [3.8, 4) is 0 Å². The van der Waals surface area contributed by atoms with E-state index in [1.165, 1.54) is 10.9 Å². The Bertz CT molecular complexity index is 710. The summed E-state index contributed by atoms with van der Waals surface area (Å²) in [7, 11) is 0. The van der Waals surface area contributed by atoms with Gasteiger partial charge in [0, 0.05) is 11.7 Å². The number of amides is 1. The largest absolute Gasteiger partial charge is 0.476 e. The molecule has 0 aliphatic carbocycles. The van der Waals surface area contributed by atoms with Crippen molar-refractivity contribution >= 4 is 17.6 Å². The third kappa shape index (κ3) is 2.37. The molecule has 7 nitrogen and oxygen atoms in total. The van der Waals surface area contributed by atoms with Gasteiger partial charge in [-0.15, -0.1) is 5.10 Å². The minimum atomic E-state index is -1.16. The van der Waals surface area contributed by atoms with Crippen LogP contribution in [0.25, 0.3) is 0 Å². The first-order valence-electron chi connectivity index (χ1n) is 6.59. The van der Waals surface area contributed by atoms with Gasteiger partial charge in [0.25, 0.3) is 0 Å². The average Bonchev–Trinajstić information content (AvgIpc) is 3.01. The second-order valence-electron chi connectivity index (χ2n) is 5.05. The number of anilines is 1. The number of carboxylic acid groups (broad SMARTS) is 1. The van der Waals surface area contributed by atoms with Crippen LogP contribution in [0.2, 0.25) is 0 Å². The Morgan fingerprint density at radius 1 is 1.38 bits per heavy atom. The predicted octanol–water partition coefficient (Wildman–Crippen LogP) is 0.954. The summed E-state index contributed by atoms with van der Waals surface area (Å²) in [5, 5.41) is 16.0. The van der Waals surface area contributed by atoms with Gasteiger partial charge in [-0.2, -0.15) is 0 Å². The molecule has 1 N–H and O–H groups in total. The Balaban J connectivity index is 1.80. The summed E-state index contributed by atoms with van der Waals surface area (Å²) in [5.41, 5.74) is 1.88. The monoisotopic (exact) mass is 286 g/mol. The number of hydrogen-bond acceptors (Lipinski definition) is 4. The quantitative estimate of drug-likeness (QED) is 0.907. The first-order chi connectivity index (χ1) is 10.1. The molecule has 2 heterocycles. The molecule has 1 amide bonds. The predicted molar refractivity (Wildman–Crippen MR) is 74.1 cm³/mol. The third-order valence-electron chi connectivity index (χ3n) is 3.53. The van der Waals surface area contributed by atoms with E-state index >= 15 is 0 Å². The number of fused-ring (bicyclic) bond motifs is 1. The molecule has 0 saturated carbocycles. The van der Waals surface area contributed by atoms with Crippen molar-refractivity contribution in [3.05, 3.63) is 41.7 Å². The van der Waals surface area contributed by atoms with Crippen molar-refractivity contribution in [2.24, 2.45) is 0 Å². The van der Waals surface area contributed by atoms with E-state index in [1.807, 2.05) is 31.2 Å². The second-order valence-corrected chi connectivity index (χ2v) is 5.05. The van der Waals surface area contributed by atoms with Crippen molar-refractivity contribution in [2.45, 2.75) is 25.9 Å². The lowest BCUT2D eigenvalue weighted by molar-refractivity contribution is -0.119. The maximum absolute atomic E-state index is 12.5. The summed E-state index contributed by atoms with van der Waals surface area (Å²) in [6.07, 6.45) is 2.08. The molecule has 1 aromatic heterocycles. The second kappa shape index (κ2) is 5.01. The molecule has 7 heteroatoms. The standard InChI is InChI=1S/C14H14N4O3/c1-9-6-10-4-2-3-5-12(10)18(9)13(19)8-17-7-11(14(20)21)15-16-17/h2-5,7,9H,6,8H2,1H3,(H,20,21). The summed E-state index contributed by atoms with van der Waals surface area (Å²) in [6, 6.07) is 7.86. The fourth-order valence-corrected chi connectivity index (χ4v) is 2.63. The summed E-state index contributed by atoms with van der Waals surface area (Å²) in [5.74, 6) is -1.29. The molecule has 3 rings (SSSR count). The third-order valence-corrected chi connectivity index (χ3v) is 3.53. The maximum atomic E-state index is 12.5. The van der Waals surface area contributed by atoms with Gasteiger partial charge in [-0.25, -0.2) is 9.48 Å². The van der Waals surface area contributed by atoms with E-state index in [-0.39, 0.29) is 24.2 Å². The van der Waals surface area contributed by atoms with E-state index in [2.05, 4.69) is 10.3 Å². The molecule has 0 radical (unpaired) electrons. The Morgan fingerprint density at radius 2 is 2.14 bits per heavy atom. The Kier molecular flexibility index (Phi) is 3.17. The number of hydrogen-bond donors (Lipinski definition) is 1. The van der Waals surface area contributed by atoms with Crippen LogP contribution in [0.1, 0.15) is 23.0 Å². The minimum Gasteiger partial charge on any atom is -0.476 e. The van der Waals surface area contributed by atoms with Crippen LogP contribution in [0.3, 0.4) is 0 Å². The van der Waals surface area contributed by atoms with Crippen LogP contribution in [0.4, 0.5) is 5.69 Å². The summed E-state index contributed by atoms with van der Waals surface area (Å²) < 4.78 is 1.25. The summed E-state index contributed by atoms with van der Waals surface area (Å²) >= 11 is 0. The van der Waals surface area contributed by atoms with Crippen LogP contribution < -0.4 is 4.90 Å². The molecule has 0 bridgehead atoms. The number of aromatic nitrogens is 3. The topological polar surface area (TPSA) is 88.3 Å². The van der Waals surface area contributed by atoms with Gasteiger partial charge in [0.1, 0.15) is 6.54 Å². The van der Waals surface area contributed by atoms with Gasteiger partial charge in [-0.05, 0) is 25.0 Å². The van der Waals surface area contributed by atoms with Crippen LogP contribution in [0.15, 0.2) is 30.5 Å². The highest BCUT2D eigenvalue weighted by molar-refractivity contribution is 5.96. The molecule has 0 spiro atoms. The van der Waals surface area contributed by atoms with E-state index in [4.69, 9.17) is 5.11 Å². The van der Waals surface area contributed by atoms with Crippen LogP contribution >= 0.6 is 0 Å². The Labute approximate surface area is 120 Å². The van der Waals surface area contributed by atoms with E-state index < -0.39 is 5.97 Å². The zero-order valence-corrected chi connectivity index (χ0v) is 11.4. The summed E-state index contributed by atoms with van der Waals surface area (Å²) in [6.45, 7) is 1.96. The van der Waals surface area contributed by atoms with Gasteiger partial charge in [0.2, 0.25) is 5.91 Å². The van der Waals surface area contributed by atoms with Crippen LogP contribution in [0, 0.1) is 0 Å². The van der Waals surface area contributed by atoms with E-state index in [0.717, 1.165) is 17.7 Å². The highest BCUT2D eigenvalue weighted by atomic mass is 16.4. The number of benzene rings is 1. The fourth-order valence-electron chi connectivity index (χ4n) is 2.63. The zero-order valence-electron chi connectivity index (χ0n) is 11.4. The minimum absolute atomic E-state index is 0.0288. The molecule has 1 atom stereocenters. The number of nitrogens with zero attached hydrogens (tertiary/aromatic N) is 4. The lowest BCUT2D eigenvalue weighted by Crippen LogP contribution is -2.38. The number of rotatable bonds is 3. The molecule has 1 aromatic carbocycles. The molecule has 0 saturated heterocycles. The van der Waals surface area contributed by atoms with E-state index in [0.29, 0.717) is 0 Å². The normalized spacial score (nSPS) is 16.8. The van der Waals surface area contributed by atoms with Gasteiger partial charge in [0.05, 0.1) is 6.20 Å². The molecule has 108 valence electrons. The number of para-hydroxylation sites is 1. The smallest absolute Gasteiger partial charge is 0.358 e. The molecule has 21 heavy (non-hydrogen) atoms. The Hall–Kier alpha value is -2.70. The van der Waals surface area contributed by atoms with Gasteiger partial charge in [0.15, 0.2) is 5.69 Å². The van der Waals surface area contributed by atoms with Gasteiger partial charge in [-0.3, -0.25) is 4.79 Å². The van der Waals surface area contributed by atoms with Crippen LogP contribution in [0.5, 0.6) is 0 Å². The van der Waals surface area contributed by atoms with Crippen molar-refractivity contribution in [1.82, 2.24) is 15.0 Å². The molecule has 2 aromatic rings. The molecular formula is C14H14N4O3. The first kappa shape index (κ1) is 13.3. The maximum Gasteiger partial charge on any atom is 0.358 e. The molecule has 1 unspecified atom stereocenters. The highest BCUT2D eigenvalue weighted by Crippen LogP contribution is 2.31. The fraction of sp³-hybridized carbons (Fsp3) is 0.286. The zero-order chi connectivity index (χ0) is 15.0. The van der Waals surface area contributed by atoms with Crippen LogP contribution in [-0.2, 0) is 17.8 Å². The average molecular weight is 286 g/mol. The van der Waals surface area contributed by atoms with Crippen LogP contribution in [-0.4, -0.2) is 38.0 Å². The van der Waals surface area contributed by atoms with Gasteiger partial charge < -0.3 is 10.0 Å². The van der Waals surface area contributed by atoms with E-state index in [9.17, 15) is 9.59 Å². The number of carbonyl (C=O) groups is 2. The summed E-state index contributed by atoms with van der Waals surface area (Å²) in [4.78, 5) is 25.0. The SMILES string of the molecule is CC1Cc2ccccc2N1C(=O)Cn1cc(C(=O)O)nn1. The van der Waals surface area contributed by atoms with Gasteiger partial charge >= 0.3 is 5.97 Å². The number of aromatic carboxylic acids is 1. The Morgan fingerprint density at radius 3 is 2.86 bits per heavy atom. The van der Waals surface area contributed by atoms with Crippen molar-refractivity contribution in [2.75, 3.05) is 4.90 Å². The number of carboxylic acids is 1.